The van der Waals surface area contributed by atoms with Crippen LogP contribution in [0.2, 0.25) is 0 Å². The summed E-state index contributed by atoms with van der Waals surface area (Å²) in [5.74, 6) is 1.24. The second kappa shape index (κ2) is 5.00. The Bertz CT molecular complexity index is 777. The number of aromatic amines is 1. The van der Waals surface area contributed by atoms with Gasteiger partial charge in [0.1, 0.15) is 11.4 Å². The van der Waals surface area contributed by atoms with Gasteiger partial charge in [0, 0.05) is 0 Å². The lowest BCUT2D eigenvalue weighted by atomic mass is 10.2. The van der Waals surface area contributed by atoms with Crippen molar-refractivity contribution in [2.75, 3.05) is 0 Å². The minimum absolute atomic E-state index is 0.405. The van der Waals surface area contributed by atoms with Gasteiger partial charge in [0.25, 0.3) is 0 Å². The summed E-state index contributed by atoms with van der Waals surface area (Å²) >= 11 is 0. The third kappa shape index (κ3) is 2.18. The number of aryl methyl sites for hydroxylation is 1. The number of para-hydroxylation sites is 2. The minimum Gasteiger partial charge on any atom is -0.455 e. The Hall–Kier alpha value is -2.89. The van der Waals surface area contributed by atoms with Crippen LogP contribution in [0.4, 0.5) is 0 Å². The van der Waals surface area contributed by atoms with Crippen molar-refractivity contribution in [1.82, 2.24) is 20.2 Å². The van der Waals surface area contributed by atoms with Crippen LogP contribution < -0.4 is 10.4 Å². The van der Waals surface area contributed by atoms with Crippen LogP contribution in [-0.4, -0.2) is 20.2 Å². The maximum absolute atomic E-state index is 11.7. The van der Waals surface area contributed by atoms with Gasteiger partial charge in [-0.15, -0.1) is 0 Å². The van der Waals surface area contributed by atoms with E-state index < -0.39 is 5.69 Å². The zero-order valence-electron chi connectivity index (χ0n) is 10.8. The Kier molecular flexibility index (Phi) is 3.04. The van der Waals surface area contributed by atoms with Crippen LogP contribution in [-0.2, 0) is 0 Å². The first-order chi connectivity index (χ1) is 9.75. The summed E-state index contributed by atoms with van der Waals surface area (Å²) in [7, 11) is 0. The first-order valence-electron chi connectivity index (χ1n) is 6.09. The molecule has 0 saturated carbocycles. The molecule has 0 unspecified atom stereocenters. The predicted octanol–water partition coefficient (Wildman–Crippen LogP) is 2.06. The molecule has 3 rings (SSSR count). The van der Waals surface area contributed by atoms with E-state index in [0.717, 1.165) is 5.56 Å². The van der Waals surface area contributed by atoms with Crippen LogP contribution in [0.25, 0.3) is 5.69 Å². The monoisotopic (exact) mass is 268 g/mol. The van der Waals surface area contributed by atoms with E-state index in [0.29, 0.717) is 17.2 Å². The summed E-state index contributed by atoms with van der Waals surface area (Å²) in [6.07, 6.45) is 0. The highest BCUT2D eigenvalue weighted by molar-refractivity contribution is 5.53. The summed E-state index contributed by atoms with van der Waals surface area (Å²) in [5, 5.41) is 9.55. The molecule has 3 aromatic rings. The third-order valence-electron chi connectivity index (χ3n) is 2.86. The Balaban J connectivity index is 2.11. The van der Waals surface area contributed by atoms with Gasteiger partial charge in [0.05, 0.1) is 0 Å². The molecule has 0 aliphatic rings. The molecule has 6 nitrogen and oxygen atoms in total. The summed E-state index contributed by atoms with van der Waals surface area (Å²) in [6.45, 7) is 1.88. The second-order valence-corrected chi connectivity index (χ2v) is 4.25. The fourth-order valence-electron chi connectivity index (χ4n) is 1.95. The number of hydrogen-bond donors (Lipinski definition) is 1. The number of nitrogens with one attached hydrogen (secondary N) is 1. The smallest absolute Gasteiger partial charge is 0.365 e. The quantitative estimate of drug-likeness (QED) is 0.789. The van der Waals surface area contributed by atoms with Crippen molar-refractivity contribution >= 4 is 0 Å². The summed E-state index contributed by atoms with van der Waals surface area (Å²) in [6, 6.07) is 14.9. The lowest BCUT2D eigenvalue weighted by molar-refractivity contribution is 0.476. The molecule has 1 heterocycles. The highest BCUT2D eigenvalue weighted by Gasteiger charge is 2.13. The molecule has 0 spiro atoms. The molecule has 100 valence electrons. The van der Waals surface area contributed by atoms with E-state index in [-0.39, 0.29) is 0 Å². The lowest BCUT2D eigenvalue weighted by Crippen LogP contribution is -2.17. The number of nitrogens with zero attached hydrogens (tertiary/aromatic N) is 3. The van der Waals surface area contributed by atoms with Crippen molar-refractivity contribution in [1.29, 1.82) is 0 Å². The Morgan fingerprint density at radius 1 is 1.10 bits per heavy atom. The zero-order chi connectivity index (χ0) is 13.9. The molecule has 0 aliphatic heterocycles. The van der Waals surface area contributed by atoms with Gasteiger partial charge in [0.2, 0.25) is 0 Å². The van der Waals surface area contributed by atoms with E-state index >= 15 is 0 Å². The van der Waals surface area contributed by atoms with Gasteiger partial charge in [-0.3, -0.25) is 0 Å². The van der Waals surface area contributed by atoms with Crippen LogP contribution in [0.15, 0.2) is 53.3 Å². The topological polar surface area (TPSA) is 72.8 Å². The maximum Gasteiger partial charge on any atom is 0.365 e. The highest BCUT2D eigenvalue weighted by Crippen LogP contribution is 2.29. The average Bonchev–Trinajstić information content (AvgIpc) is 2.86. The van der Waals surface area contributed by atoms with E-state index in [9.17, 15) is 4.79 Å². The van der Waals surface area contributed by atoms with Crippen molar-refractivity contribution < 1.29 is 4.74 Å². The lowest BCUT2D eigenvalue weighted by Gasteiger charge is -2.12. The Morgan fingerprint density at radius 3 is 2.60 bits per heavy atom. The Morgan fingerprint density at radius 2 is 1.90 bits per heavy atom. The van der Waals surface area contributed by atoms with Gasteiger partial charge in [-0.25, -0.2) is 9.89 Å². The molecule has 6 heteroatoms. The van der Waals surface area contributed by atoms with Gasteiger partial charge in [-0.1, -0.05) is 30.3 Å². The van der Waals surface area contributed by atoms with Crippen molar-refractivity contribution in [3.63, 3.8) is 0 Å². The minimum atomic E-state index is -0.405. The predicted molar refractivity (Wildman–Crippen MR) is 73.2 cm³/mol. The highest BCUT2D eigenvalue weighted by atomic mass is 16.5. The molecular weight excluding hydrogens is 256 g/mol. The maximum atomic E-state index is 11.7. The molecule has 0 aliphatic carbocycles. The van der Waals surface area contributed by atoms with Gasteiger partial charge >= 0.3 is 5.69 Å². The fraction of sp³-hybridized carbons (Fsp3) is 0.0714. The van der Waals surface area contributed by atoms with Gasteiger partial charge in [-0.2, -0.15) is 4.68 Å². The van der Waals surface area contributed by atoms with E-state index in [1.807, 2.05) is 49.4 Å². The average molecular weight is 268 g/mol. The zero-order valence-corrected chi connectivity index (χ0v) is 10.8. The van der Waals surface area contributed by atoms with Crippen LogP contribution in [0, 0.1) is 6.92 Å². The molecule has 0 radical (unpaired) electrons. The van der Waals surface area contributed by atoms with Gasteiger partial charge in [0.15, 0.2) is 5.75 Å². The summed E-state index contributed by atoms with van der Waals surface area (Å²) in [5.41, 5.74) is 1.04. The number of benzene rings is 2. The molecule has 20 heavy (non-hydrogen) atoms. The first kappa shape index (κ1) is 12.2. The van der Waals surface area contributed by atoms with E-state index in [1.54, 1.807) is 6.07 Å². The number of aromatic nitrogens is 4. The molecule has 1 aromatic heterocycles. The molecule has 0 fully saturated rings. The third-order valence-corrected chi connectivity index (χ3v) is 2.86. The Labute approximate surface area is 114 Å². The fourth-order valence-corrected chi connectivity index (χ4v) is 1.95. The first-order valence-corrected chi connectivity index (χ1v) is 6.09. The molecule has 0 amide bonds. The summed E-state index contributed by atoms with van der Waals surface area (Å²) < 4.78 is 7.02. The van der Waals surface area contributed by atoms with Crippen LogP contribution in [0.3, 0.4) is 0 Å². The van der Waals surface area contributed by atoms with E-state index in [1.165, 1.54) is 4.68 Å². The van der Waals surface area contributed by atoms with Crippen molar-refractivity contribution in [2.24, 2.45) is 0 Å². The molecular formula is C14H12N4O2. The number of H-pyrrole nitrogens is 1. The molecule has 1 N–H and O–H groups in total. The SMILES string of the molecule is Cc1cccc(Oc2ccccc2)c1-n1nn[nH]c1=O. The van der Waals surface area contributed by atoms with Crippen molar-refractivity contribution in [3.8, 4) is 17.2 Å². The summed E-state index contributed by atoms with van der Waals surface area (Å²) in [4.78, 5) is 11.7. The normalized spacial score (nSPS) is 10.4. The number of ether oxygens (including phenoxy) is 1. The second-order valence-electron chi connectivity index (χ2n) is 4.25. The number of hydrogen-bond acceptors (Lipinski definition) is 4. The van der Waals surface area contributed by atoms with Gasteiger partial charge < -0.3 is 4.74 Å². The largest absolute Gasteiger partial charge is 0.455 e. The number of rotatable bonds is 3. The molecule has 0 bridgehead atoms. The standard InChI is InChI=1S/C14H12N4O2/c1-10-6-5-9-12(20-11-7-3-2-4-8-11)13(10)18-14(19)15-16-17-18/h2-9H,1H3,(H,15,17,19). The molecule has 0 atom stereocenters. The molecule has 2 aromatic carbocycles. The number of tetrazole rings is 1. The molecule has 0 saturated heterocycles. The van der Waals surface area contributed by atoms with Crippen LogP contribution in [0.5, 0.6) is 11.5 Å². The van der Waals surface area contributed by atoms with Crippen molar-refractivity contribution in [2.45, 2.75) is 6.92 Å². The van der Waals surface area contributed by atoms with Crippen molar-refractivity contribution in [3.05, 3.63) is 64.6 Å². The van der Waals surface area contributed by atoms with E-state index in [4.69, 9.17) is 4.74 Å². The van der Waals surface area contributed by atoms with Gasteiger partial charge in [-0.05, 0) is 41.1 Å². The van der Waals surface area contributed by atoms with Crippen LogP contribution in [0.1, 0.15) is 5.56 Å². The van der Waals surface area contributed by atoms with E-state index in [2.05, 4.69) is 15.5 Å². The van der Waals surface area contributed by atoms with Crippen LogP contribution >= 0.6 is 0 Å².